The molecular formula is C18H17NO5. The van der Waals surface area contributed by atoms with E-state index in [-0.39, 0.29) is 11.3 Å². The van der Waals surface area contributed by atoms with Crippen molar-refractivity contribution < 1.29 is 19.2 Å². The molecule has 24 heavy (non-hydrogen) atoms. The minimum Gasteiger partial charge on any atom is -0.454 e. The van der Waals surface area contributed by atoms with Crippen molar-refractivity contribution in [3.63, 3.8) is 0 Å². The van der Waals surface area contributed by atoms with E-state index >= 15 is 0 Å². The van der Waals surface area contributed by atoms with Crippen molar-refractivity contribution in [2.75, 3.05) is 6.61 Å². The van der Waals surface area contributed by atoms with Crippen molar-refractivity contribution in [1.29, 1.82) is 0 Å². The summed E-state index contributed by atoms with van der Waals surface area (Å²) in [6, 6.07) is 9.43. The van der Waals surface area contributed by atoms with Gasteiger partial charge >= 0.3 is 5.97 Å². The second-order valence-electron chi connectivity index (χ2n) is 5.51. The molecule has 0 aliphatic carbocycles. The van der Waals surface area contributed by atoms with E-state index in [0.29, 0.717) is 11.1 Å². The summed E-state index contributed by atoms with van der Waals surface area (Å²) in [5.74, 6) is -1.08. The van der Waals surface area contributed by atoms with Crippen molar-refractivity contribution >= 4 is 17.4 Å². The van der Waals surface area contributed by atoms with Gasteiger partial charge in [0, 0.05) is 17.2 Å². The third kappa shape index (κ3) is 3.65. The van der Waals surface area contributed by atoms with Crippen LogP contribution in [0.1, 0.15) is 37.4 Å². The van der Waals surface area contributed by atoms with Crippen LogP contribution in [0.5, 0.6) is 0 Å². The number of rotatable bonds is 5. The number of hydrogen-bond donors (Lipinski definition) is 0. The van der Waals surface area contributed by atoms with E-state index in [0.717, 1.165) is 11.1 Å². The molecule has 0 saturated heterocycles. The molecule has 0 aliphatic heterocycles. The van der Waals surface area contributed by atoms with Crippen molar-refractivity contribution in [2.24, 2.45) is 0 Å². The molecule has 6 heteroatoms. The fraction of sp³-hybridized carbons (Fsp3) is 0.222. The van der Waals surface area contributed by atoms with Gasteiger partial charge in [0.1, 0.15) is 0 Å². The highest BCUT2D eigenvalue weighted by atomic mass is 16.6. The van der Waals surface area contributed by atoms with Gasteiger partial charge in [-0.3, -0.25) is 14.9 Å². The molecule has 2 aromatic rings. The molecule has 0 aliphatic rings. The molecule has 0 unspecified atom stereocenters. The minimum absolute atomic E-state index is 0.137. The van der Waals surface area contributed by atoms with E-state index in [1.807, 2.05) is 13.0 Å². The maximum absolute atomic E-state index is 12.1. The summed E-state index contributed by atoms with van der Waals surface area (Å²) in [5.41, 5.74) is 2.61. The molecule has 0 fully saturated rings. The minimum atomic E-state index is -0.592. The number of nitro benzene ring substituents is 1. The van der Waals surface area contributed by atoms with Gasteiger partial charge in [0.05, 0.1) is 10.5 Å². The Balaban J connectivity index is 2.11. The summed E-state index contributed by atoms with van der Waals surface area (Å²) in [6.45, 7) is 4.80. The number of aryl methyl sites for hydroxylation is 2. The van der Waals surface area contributed by atoms with Gasteiger partial charge in [0.2, 0.25) is 5.78 Å². The van der Waals surface area contributed by atoms with Crippen molar-refractivity contribution in [3.05, 3.63) is 74.3 Å². The number of esters is 1. The van der Waals surface area contributed by atoms with Gasteiger partial charge < -0.3 is 4.74 Å². The van der Waals surface area contributed by atoms with Crippen molar-refractivity contribution in [2.45, 2.75) is 20.8 Å². The fourth-order valence-electron chi connectivity index (χ4n) is 2.24. The molecule has 2 aromatic carbocycles. The number of hydrogen-bond acceptors (Lipinski definition) is 5. The Morgan fingerprint density at radius 2 is 1.79 bits per heavy atom. The second-order valence-corrected chi connectivity index (χ2v) is 5.51. The lowest BCUT2D eigenvalue weighted by molar-refractivity contribution is -0.385. The largest absolute Gasteiger partial charge is 0.454 e. The summed E-state index contributed by atoms with van der Waals surface area (Å²) < 4.78 is 5.05. The van der Waals surface area contributed by atoms with E-state index in [1.54, 1.807) is 26.0 Å². The molecule has 0 spiro atoms. The first kappa shape index (κ1) is 17.3. The normalized spacial score (nSPS) is 10.3. The molecule has 0 N–H and O–H groups in total. The lowest BCUT2D eigenvalue weighted by atomic mass is 10.0. The lowest BCUT2D eigenvalue weighted by Crippen LogP contribution is -2.15. The quantitative estimate of drug-likeness (QED) is 0.363. The monoisotopic (exact) mass is 327 g/mol. The third-order valence-corrected chi connectivity index (χ3v) is 3.89. The zero-order chi connectivity index (χ0) is 17.9. The van der Waals surface area contributed by atoms with E-state index < -0.39 is 23.3 Å². The van der Waals surface area contributed by atoms with E-state index in [4.69, 9.17) is 4.74 Å². The van der Waals surface area contributed by atoms with Crippen LogP contribution < -0.4 is 0 Å². The van der Waals surface area contributed by atoms with Gasteiger partial charge in [-0.25, -0.2) is 4.79 Å². The van der Waals surface area contributed by atoms with Gasteiger partial charge in [0.15, 0.2) is 6.61 Å². The molecule has 0 radical (unpaired) electrons. The molecule has 0 bridgehead atoms. The van der Waals surface area contributed by atoms with Gasteiger partial charge in [-0.2, -0.15) is 0 Å². The Labute approximate surface area is 139 Å². The Morgan fingerprint density at radius 1 is 1.08 bits per heavy atom. The number of carbonyl (C=O) groups excluding carboxylic acids is 2. The number of carbonyl (C=O) groups is 2. The van der Waals surface area contributed by atoms with Crippen LogP contribution in [-0.4, -0.2) is 23.3 Å². The smallest absolute Gasteiger partial charge is 0.338 e. The average Bonchev–Trinajstić information content (AvgIpc) is 2.55. The predicted molar refractivity (Wildman–Crippen MR) is 88.4 cm³/mol. The summed E-state index contributed by atoms with van der Waals surface area (Å²) in [6.07, 6.45) is 0. The highest BCUT2D eigenvalue weighted by Crippen LogP contribution is 2.20. The van der Waals surface area contributed by atoms with Crippen LogP contribution in [0.4, 0.5) is 5.69 Å². The Hall–Kier alpha value is -3.02. The second kappa shape index (κ2) is 7.04. The molecule has 0 saturated carbocycles. The predicted octanol–water partition coefficient (Wildman–Crippen LogP) is 3.56. The fourth-order valence-corrected chi connectivity index (χ4v) is 2.24. The van der Waals surface area contributed by atoms with Crippen LogP contribution >= 0.6 is 0 Å². The third-order valence-electron chi connectivity index (χ3n) is 3.89. The summed E-state index contributed by atoms with van der Waals surface area (Å²) in [7, 11) is 0. The maximum atomic E-state index is 12.1. The Morgan fingerprint density at radius 3 is 2.46 bits per heavy atom. The van der Waals surface area contributed by atoms with Crippen LogP contribution in [0.2, 0.25) is 0 Å². The van der Waals surface area contributed by atoms with Gasteiger partial charge in [-0.15, -0.1) is 0 Å². The van der Waals surface area contributed by atoms with E-state index in [9.17, 15) is 19.7 Å². The maximum Gasteiger partial charge on any atom is 0.338 e. The van der Waals surface area contributed by atoms with Crippen molar-refractivity contribution in [1.82, 2.24) is 0 Å². The first-order valence-corrected chi connectivity index (χ1v) is 7.33. The van der Waals surface area contributed by atoms with Crippen LogP contribution in [0.25, 0.3) is 0 Å². The summed E-state index contributed by atoms with van der Waals surface area (Å²) in [5, 5.41) is 10.9. The topological polar surface area (TPSA) is 86.5 Å². The first-order valence-electron chi connectivity index (χ1n) is 7.33. The zero-order valence-electron chi connectivity index (χ0n) is 13.7. The van der Waals surface area contributed by atoms with Gasteiger partial charge in [0.25, 0.3) is 5.69 Å². The number of ketones is 1. The SMILES string of the molecule is Cc1ccc(C(=O)COC(=O)c2cccc(C)c2C)cc1[N+](=O)[O-]. The Kier molecular flexibility index (Phi) is 5.08. The zero-order valence-corrected chi connectivity index (χ0v) is 13.7. The molecule has 124 valence electrons. The molecule has 0 heterocycles. The molecule has 0 atom stereocenters. The number of benzene rings is 2. The number of ether oxygens (including phenoxy) is 1. The molecule has 0 aromatic heterocycles. The van der Waals surface area contributed by atoms with Gasteiger partial charge in [-0.05, 0) is 38.0 Å². The van der Waals surface area contributed by atoms with Gasteiger partial charge in [-0.1, -0.05) is 24.3 Å². The highest BCUT2D eigenvalue weighted by Gasteiger charge is 2.17. The molecule has 2 rings (SSSR count). The van der Waals surface area contributed by atoms with Crippen LogP contribution in [0, 0.1) is 30.9 Å². The van der Waals surface area contributed by atoms with E-state index in [1.165, 1.54) is 18.2 Å². The lowest BCUT2D eigenvalue weighted by Gasteiger charge is -2.08. The first-order chi connectivity index (χ1) is 11.3. The molecule has 0 amide bonds. The number of Topliss-reactive ketones (excluding diaryl/α,β-unsaturated/α-hetero) is 1. The van der Waals surface area contributed by atoms with Crippen molar-refractivity contribution in [3.8, 4) is 0 Å². The van der Waals surface area contributed by atoms with Crippen LogP contribution in [0.3, 0.4) is 0 Å². The van der Waals surface area contributed by atoms with E-state index in [2.05, 4.69) is 0 Å². The molecule has 6 nitrogen and oxygen atoms in total. The van der Waals surface area contributed by atoms with Crippen LogP contribution in [-0.2, 0) is 4.74 Å². The highest BCUT2D eigenvalue weighted by molar-refractivity contribution is 6.00. The summed E-state index contributed by atoms with van der Waals surface area (Å²) >= 11 is 0. The van der Waals surface area contributed by atoms with Crippen LogP contribution in [0.15, 0.2) is 36.4 Å². The number of nitrogens with zero attached hydrogens (tertiary/aromatic N) is 1. The Bertz CT molecular complexity index is 826. The average molecular weight is 327 g/mol. The number of nitro groups is 1. The molecular weight excluding hydrogens is 310 g/mol. The summed E-state index contributed by atoms with van der Waals surface area (Å²) in [4.78, 5) is 34.6. The standard InChI is InChI=1S/C18H17NO5/c1-11-5-4-6-15(13(11)3)18(21)24-10-17(20)14-8-7-12(2)16(9-14)19(22)23/h4-9H,10H2,1-3H3.